The number of carbonyl (C=O) groups excluding carboxylic acids is 1. The van der Waals surface area contributed by atoms with Crippen molar-refractivity contribution >= 4 is 28.4 Å². The van der Waals surface area contributed by atoms with Crippen molar-refractivity contribution in [2.24, 2.45) is 0 Å². The minimum atomic E-state index is -0.166. The Bertz CT molecular complexity index is 840. The summed E-state index contributed by atoms with van der Waals surface area (Å²) in [5.74, 6) is 0.623. The molecule has 0 saturated carbocycles. The Morgan fingerprint density at radius 1 is 1.22 bits per heavy atom. The maximum absolute atomic E-state index is 12.4. The van der Waals surface area contributed by atoms with Crippen LogP contribution in [-0.2, 0) is 0 Å². The summed E-state index contributed by atoms with van der Waals surface area (Å²) in [6.45, 7) is 1.94. The molecule has 3 rings (SSSR count). The summed E-state index contributed by atoms with van der Waals surface area (Å²) in [6.07, 6.45) is 0. The second-order valence-corrected chi connectivity index (χ2v) is 5.76. The monoisotopic (exact) mass is 328 g/mol. The molecule has 1 amide bonds. The zero-order chi connectivity index (χ0) is 16.4. The average Bonchev–Trinajstić information content (AvgIpc) is 3.00. The molecular weight excluding hydrogens is 312 g/mol. The molecule has 0 saturated heterocycles. The van der Waals surface area contributed by atoms with E-state index in [4.69, 9.17) is 16.3 Å². The van der Waals surface area contributed by atoms with Gasteiger partial charge in [0.1, 0.15) is 11.4 Å². The second kappa shape index (κ2) is 6.34. The van der Waals surface area contributed by atoms with Gasteiger partial charge in [-0.2, -0.15) is 0 Å². The number of hydrogen-bond acceptors (Lipinski definition) is 2. The topological polar surface area (TPSA) is 54.1 Å². The van der Waals surface area contributed by atoms with Crippen LogP contribution in [0.5, 0.6) is 5.75 Å². The largest absolute Gasteiger partial charge is 0.497 e. The molecule has 3 aromatic rings. The van der Waals surface area contributed by atoms with E-state index in [0.29, 0.717) is 10.7 Å². The lowest BCUT2D eigenvalue weighted by Gasteiger charge is -2.14. The van der Waals surface area contributed by atoms with E-state index in [1.807, 2.05) is 43.3 Å². The summed E-state index contributed by atoms with van der Waals surface area (Å²) in [6, 6.07) is 14.9. The van der Waals surface area contributed by atoms with Gasteiger partial charge >= 0.3 is 0 Å². The normalized spacial score (nSPS) is 12.1. The molecule has 1 heterocycles. The number of hydrogen-bond donors (Lipinski definition) is 2. The highest BCUT2D eigenvalue weighted by atomic mass is 35.5. The lowest BCUT2D eigenvalue weighted by Crippen LogP contribution is -2.26. The number of nitrogens with one attached hydrogen (secondary N) is 2. The van der Waals surface area contributed by atoms with Gasteiger partial charge in [0.25, 0.3) is 5.91 Å². The van der Waals surface area contributed by atoms with Gasteiger partial charge in [-0.3, -0.25) is 4.79 Å². The van der Waals surface area contributed by atoms with E-state index in [2.05, 4.69) is 10.3 Å². The minimum absolute atomic E-state index is 0.115. The van der Waals surface area contributed by atoms with Gasteiger partial charge < -0.3 is 15.0 Å². The number of fused-ring (bicyclic) bond motifs is 1. The van der Waals surface area contributed by atoms with E-state index in [1.165, 1.54) is 0 Å². The number of ether oxygens (including phenoxy) is 1. The molecule has 1 unspecified atom stereocenters. The van der Waals surface area contributed by atoms with Crippen LogP contribution in [-0.4, -0.2) is 18.0 Å². The molecule has 1 aromatic heterocycles. The third-order valence-electron chi connectivity index (χ3n) is 3.81. The first-order valence-corrected chi connectivity index (χ1v) is 7.68. The molecule has 0 bridgehead atoms. The standard InChI is InChI=1S/C18H17ClN2O2/c1-11(12-6-8-14(23-2)9-7-12)20-18(22)16-10-13-4-3-5-15(19)17(13)21-16/h3-11,21H,1-2H3,(H,20,22). The van der Waals surface area contributed by atoms with Crippen LogP contribution in [0.2, 0.25) is 5.02 Å². The van der Waals surface area contributed by atoms with Crippen molar-refractivity contribution in [3.63, 3.8) is 0 Å². The second-order valence-electron chi connectivity index (χ2n) is 5.36. The smallest absolute Gasteiger partial charge is 0.268 e. The van der Waals surface area contributed by atoms with E-state index in [1.54, 1.807) is 19.2 Å². The number of aromatic amines is 1. The van der Waals surface area contributed by atoms with Gasteiger partial charge in [-0.25, -0.2) is 0 Å². The Balaban J connectivity index is 1.77. The lowest BCUT2D eigenvalue weighted by molar-refractivity contribution is 0.0935. The number of aromatic nitrogens is 1. The molecule has 2 aromatic carbocycles. The first-order chi connectivity index (χ1) is 11.1. The highest BCUT2D eigenvalue weighted by Crippen LogP contribution is 2.24. The molecule has 118 valence electrons. The highest BCUT2D eigenvalue weighted by molar-refractivity contribution is 6.35. The van der Waals surface area contributed by atoms with Crippen LogP contribution in [0.4, 0.5) is 0 Å². The van der Waals surface area contributed by atoms with Crippen LogP contribution < -0.4 is 10.1 Å². The Morgan fingerprint density at radius 3 is 2.61 bits per heavy atom. The van der Waals surface area contributed by atoms with Crippen LogP contribution >= 0.6 is 11.6 Å². The third-order valence-corrected chi connectivity index (χ3v) is 4.13. The van der Waals surface area contributed by atoms with E-state index >= 15 is 0 Å². The molecule has 23 heavy (non-hydrogen) atoms. The van der Waals surface area contributed by atoms with Crippen LogP contribution in [0.1, 0.15) is 29.0 Å². The maximum Gasteiger partial charge on any atom is 0.268 e. The molecule has 1 atom stereocenters. The fourth-order valence-electron chi connectivity index (χ4n) is 2.49. The van der Waals surface area contributed by atoms with Crippen molar-refractivity contribution in [2.75, 3.05) is 7.11 Å². The number of H-pyrrole nitrogens is 1. The molecule has 5 heteroatoms. The minimum Gasteiger partial charge on any atom is -0.497 e. The Hall–Kier alpha value is -2.46. The van der Waals surface area contributed by atoms with Gasteiger partial charge in [-0.05, 0) is 36.8 Å². The van der Waals surface area contributed by atoms with Gasteiger partial charge in [0.2, 0.25) is 0 Å². The van der Waals surface area contributed by atoms with E-state index in [-0.39, 0.29) is 11.9 Å². The number of amides is 1. The van der Waals surface area contributed by atoms with Crippen molar-refractivity contribution in [1.82, 2.24) is 10.3 Å². The van der Waals surface area contributed by atoms with E-state index in [9.17, 15) is 4.79 Å². The number of halogens is 1. The SMILES string of the molecule is COc1ccc(C(C)NC(=O)c2cc3cccc(Cl)c3[nH]2)cc1. The molecule has 4 nitrogen and oxygen atoms in total. The van der Waals surface area contributed by atoms with Crippen molar-refractivity contribution in [2.45, 2.75) is 13.0 Å². The Labute approximate surface area is 139 Å². The molecule has 0 spiro atoms. The summed E-state index contributed by atoms with van der Waals surface area (Å²) in [4.78, 5) is 15.5. The zero-order valence-corrected chi connectivity index (χ0v) is 13.6. The summed E-state index contributed by atoms with van der Waals surface area (Å²) < 4.78 is 5.14. The number of carbonyl (C=O) groups is 1. The van der Waals surface area contributed by atoms with Crippen LogP contribution in [0.25, 0.3) is 10.9 Å². The molecule has 0 aliphatic rings. The lowest BCUT2D eigenvalue weighted by atomic mass is 10.1. The number of benzene rings is 2. The fourth-order valence-corrected chi connectivity index (χ4v) is 2.72. The van der Waals surface area contributed by atoms with Gasteiger partial charge in [-0.15, -0.1) is 0 Å². The molecule has 0 radical (unpaired) electrons. The Morgan fingerprint density at radius 2 is 1.96 bits per heavy atom. The van der Waals surface area contributed by atoms with Crippen molar-refractivity contribution < 1.29 is 9.53 Å². The summed E-state index contributed by atoms with van der Waals surface area (Å²) >= 11 is 6.13. The number of rotatable bonds is 4. The van der Waals surface area contributed by atoms with Crippen LogP contribution in [0.3, 0.4) is 0 Å². The molecule has 0 aliphatic heterocycles. The van der Waals surface area contributed by atoms with E-state index < -0.39 is 0 Å². The molecule has 2 N–H and O–H groups in total. The molecule has 0 fully saturated rings. The quantitative estimate of drug-likeness (QED) is 0.749. The summed E-state index contributed by atoms with van der Waals surface area (Å²) in [5.41, 5.74) is 2.28. The first kappa shape index (κ1) is 15.4. The van der Waals surface area contributed by atoms with Gasteiger partial charge in [0, 0.05) is 5.39 Å². The highest BCUT2D eigenvalue weighted by Gasteiger charge is 2.14. The van der Waals surface area contributed by atoms with Crippen LogP contribution in [0, 0.1) is 0 Å². The average molecular weight is 329 g/mol. The molecular formula is C18H17ClN2O2. The molecule has 0 aliphatic carbocycles. The first-order valence-electron chi connectivity index (χ1n) is 7.30. The Kier molecular flexibility index (Phi) is 4.26. The predicted octanol–water partition coefficient (Wildman–Crippen LogP) is 4.32. The fraction of sp³-hybridized carbons (Fsp3) is 0.167. The van der Waals surface area contributed by atoms with Crippen molar-refractivity contribution in [1.29, 1.82) is 0 Å². The number of methoxy groups -OCH3 is 1. The number of para-hydroxylation sites is 1. The zero-order valence-electron chi connectivity index (χ0n) is 12.9. The van der Waals surface area contributed by atoms with Gasteiger partial charge in [0.05, 0.1) is 23.7 Å². The van der Waals surface area contributed by atoms with Gasteiger partial charge in [0.15, 0.2) is 0 Å². The van der Waals surface area contributed by atoms with Crippen LogP contribution in [0.15, 0.2) is 48.5 Å². The maximum atomic E-state index is 12.4. The van der Waals surface area contributed by atoms with Crippen molar-refractivity contribution in [3.05, 3.63) is 64.8 Å². The van der Waals surface area contributed by atoms with Gasteiger partial charge in [-0.1, -0.05) is 35.9 Å². The van der Waals surface area contributed by atoms with E-state index in [0.717, 1.165) is 22.2 Å². The van der Waals surface area contributed by atoms with Crippen molar-refractivity contribution in [3.8, 4) is 5.75 Å². The summed E-state index contributed by atoms with van der Waals surface area (Å²) in [7, 11) is 1.63. The third kappa shape index (κ3) is 3.17. The predicted molar refractivity (Wildman–Crippen MR) is 92.2 cm³/mol. The summed E-state index contributed by atoms with van der Waals surface area (Å²) in [5, 5.41) is 4.49.